The fourth-order valence-electron chi connectivity index (χ4n) is 3.16. The van der Waals surface area contributed by atoms with E-state index in [0.29, 0.717) is 19.6 Å². The highest BCUT2D eigenvalue weighted by molar-refractivity contribution is 5.17. The lowest BCUT2D eigenvalue weighted by atomic mass is 10.1. The Kier molecular flexibility index (Phi) is 5.98. The monoisotopic (exact) mass is 330 g/mol. The van der Waals surface area contributed by atoms with Crippen LogP contribution in [0.25, 0.3) is 0 Å². The molecule has 0 aliphatic carbocycles. The maximum Gasteiger partial charge on any atom is 0.0916 e. The van der Waals surface area contributed by atoms with Gasteiger partial charge in [0.25, 0.3) is 0 Å². The molecule has 0 amide bonds. The van der Waals surface area contributed by atoms with Crippen LogP contribution in [0.3, 0.4) is 0 Å². The van der Waals surface area contributed by atoms with Gasteiger partial charge in [-0.1, -0.05) is 30.3 Å². The molecule has 1 aromatic heterocycles. The van der Waals surface area contributed by atoms with Crippen LogP contribution in [0, 0.1) is 0 Å². The molecule has 0 radical (unpaired) electrons. The first-order valence-corrected chi connectivity index (χ1v) is 8.54. The Hall–Kier alpha value is -1.73. The number of hydrogen-bond acceptors (Lipinski definition) is 5. The highest BCUT2D eigenvalue weighted by Crippen LogP contribution is 2.15. The van der Waals surface area contributed by atoms with Gasteiger partial charge in [-0.15, -0.1) is 0 Å². The molecular weight excluding hydrogens is 304 g/mol. The average Bonchev–Trinajstić information content (AvgIpc) is 3.10. The second-order valence-corrected chi connectivity index (χ2v) is 6.41. The number of nitrogens with zero attached hydrogens (tertiary/aromatic N) is 4. The molecule has 0 bridgehead atoms. The van der Waals surface area contributed by atoms with Crippen molar-refractivity contribution in [1.29, 1.82) is 0 Å². The molecule has 2 N–H and O–H groups in total. The Bertz CT molecular complexity index is 582. The van der Waals surface area contributed by atoms with Crippen molar-refractivity contribution in [3.05, 3.63) is 54.4 Å². The van der Waals surface area contributed by atoms with E-state index < -0.39 is 12.2 Å². The number of aromatic nitrogens is 2. The fraction of sp³-hybridized carbons (Fsp3) is 0.500. The number of aliphatic hydroxyl groups is 2. The predicted molar refractivity (Wildman–Crippen MR) is 92.5 cm³/mol. The van der Waals surface area contributed by atoms with E-state index in [-0.39, 0.29) is 0 Å². The van der Waals surface area contributed by atoms with Crippen LogP contribution in [-0.2, 0) is 6.54 Å². The van der Waals surface area contributed by atoms with Crippen LogP contribution in [0.1, 0.15) is 11.7 Å². The van der Waals surface area contributed by atoms with Crippen molar-refractivity contribution < 1.29 is 10.2 Å². The zero-order chi connectivity index (χ0) is 16.8. The van der Waals surface area contributed by atoms with Gasteiger partial charge in [-0.2, -0.15) is 5.10 Å². The second-order valence-electron chi connectivity index (χ2n) is 6.41. The minimum Gasteiger partial charge on any atom is -0.390 e. The molecule has 0 unspecified atom stereocenters. The van der Waals surface area contributed by atoms with Crippen molar-refractivity contribution in [2.75, 3.05) is 39.3 Å². The average molecular weight is 330 g/mol. The Morgan fingerprint density at radius 3 is 2.17 bits per heavy atom. The van der Waals surface area contributed by atoms with Crippen LogP contribution in [0.4, 0.5) is 0 Å². The van der Waals surface area contributed by atoms with Crippen molar-refractivity contribution >= 4 is 0 Å². The van der Waals surface area contributed by atoms with Gasteiger partial charge in [0.05, 0.1) is 18.8 Å². The molecule has 2 aromatic rings. The summed E-state index contributed by atoms with van der Waals surface area (Å²) in [7, 11) is 0. The summed E-state index contributed by atoms with van der Waals surface area (Å²) in [6, 6.07) is 11.7. The van der Waals surface area contributed by atoms with E-state index in [0.717, 1.165) is 31.7 Å². The van der Waals surface area contributed by atoms with E-state index in [9.17, 15) is 10.2 Å². The molecule has 3 rings (SSSR count). The summed E-state index contributed by atoms with van der Waals surface area (Å²) in [5.41, 5.74) is 0.967. The zero-order valence-electron chi connectivity index (χ0n) is 13.9. The lowest BCUT2D eigenvalue weighted by molar-refractivity contribution is 0.0430. The van der Waals surface area contributed by atoms with Crippen LogP contribution < -0.4 is 0 Å². The lowest BCUT2D eigenvalue weighted by Gasteiger charge is -2.36. The van der Waals surface area contributed by atoms with Crippen LogP contribution in [0.5, 0.6) is 0 Å². The number of piperazine rings is 1. The standard InChI is InChI=1S/C18H26N4O2/c23-17(14-22-8-4-7-19-22)13-20-9-11-21(12-10-20)15-18(24)16-5-2-1-3-6-16/h1-8,17-18,23-24H,9-15H2/t17-,18-/m0/s1. The van der Waals surface area contributed by atoms with Crippen molar-refractivity contribution in [2.45, 2.75) is 18.8 Å². The van der Waals surface area contributed by atoms with Crippen molar-refractivity contribution in [3.8, 4) is 0 Å². The number of benzene rings is 1. The van der Waals surface area contributed by atoms with Gasteiger partial charge in [-0.05, 0) is 11.6 Å². The molecule has 0 saturated carbocycles. The smallest absolute Gasteiger partial charge is 0.0916 e. The minimum atomic E-state index is -0.442. The molecule has 2 atom stereocenters. The van der Waals surface area contributed by atoms with E-state index in [2.05, 4.69) is 14.9 Å². The fourth-order valence-corrected chi connectivity index (χ4v) is 3.16. The SMILES string of the molecule is O[C@@H](CN1CCN(C[C@H](O)c2ccccc2)CC1)Cn1cccn1. The molecule has 1 fully saturated rings. The molecular formula is C18H26N4O2. The van der Waals surface area contributed by atoms with Crippen LogP contribution in [0.2, 0.25) is 0 Å². The lowest BCUT2D eigenvalue weighted by Crippen LogP contribution is -2.49. The summed E-state index contributed by atoms with van der Waals surface area (Å²) in [6.07, 6.45) is 2.74. The van der Waals surface area contributed by atoms with Gasteiger partial charge < -0.3 is 10.2 Å². The molecule has 2 heterocycles. The van der Waals surface area contributed by atoms with E-state index in [4.69, 9.17) is 0 Å². The highest BCUT2D eigenvalue weighted by Gasteiger charge is 2.21. The van der Waals surface area contributed by atoms with E-state index >= 15 is 0 Å². The molecule has 1 saturated heterocycles. The normalized spacial score (nSPS) is 19.2. The number of hydrogen-bond donors (Lipinski definition) is 2. The van der Waals surface area contributed by atoms with Gasteiger partial charge in [-0.3, -0.25) is 14.5 Å². The van der Waals surface area contributed by atoms with Crippen LogP contribution in [0.15, 0.2) is 48.8 Å². The predicted octanol–water partition coefficient (Wildman–Crippen LogP) is 0.595. The first-order valence-electron chi connectivity index (χ1n) is 8.54. The quantitative estimate of drug-likeness (QED) is 0.778. The van der Waals surface area contributed by atoms with Crippen LogP contribution >= 0.6 is 0 Å². The minimum absolute atomic E-state index is 0.411. The topological polar surface area (TPSA) is 64.8 Å². The molecule has 24 heavy (non-hydrogen) atoms. The largest absolute Gasteiger partial charge is 0.390 e. The maximum absolute atomic E-state index is 10.3. The summed E-state index contributed by atoms with van der Waals surface area (Å²) in [5, 5.41) is 24.6. The highest BCUT2D eigenvalue weighted by atomic mass is 16.3. The van der Waals surface area contributed by atoms with E-state index in [1.54, 1.807) is 10.9 Å². The van der Waals surface area contributed by atoms with Gasteiger partial charge in [0.2, 0.25) is 0 Å². The Balaban J connectivity index is 1.39. The molecule has 1 aromatic carbocycles. The maximum atomic E-state index is 10.3. The van der Waals surface area contributed by atoms with E-state index in [1.807, 2.05) is 42.6 Å². The zero-order valence-corrected chi connectivity index (χ0v) is 13.9. The van der Waals surface area contributed by atoms with Gasteiger partial charge >= 0.3 is 0 Å². The second kappa shape index (κ2) is 8.39. The number of aliphatic hydroxyl groups excluding tert-OH is 2. The first kappa shape index (κ1) is 17.1. The van der Waals surface area contributed by atoms with Gasteiger partial charge in [0, 0.05) is 51.7 Å². The molecule has 0 spiro atoms. The molecule has 1 aliphatic rings. The van der Waals surface area contributed by atoms with Crippen molar-refractivity contribution in [1.82, 2.24) is 19.6 Å². The van der Waals surface area contributed by atoms with Gasteiger partial charge in [0.1, 0.15) is 0 Å². The summed E-state index contributed by atoms with van der Waals surface area (Å²) < 4.78 is 1.76. The summed E-state index contributed by atoms with van der Waals surface area (Å²) in [4.78, 5) is 4.56. The van der Waals surface area contributed by atoms with Crippen molar-refractivity contribution in [2.24, 2.45) is 0 Å². The summed E-state index contributed by atoms with van der Waals surface area (Å²) in [5.74, 6) is 0. The Labute approximate surface area is 142 Å². The third kappa shape index (κ3) is 4.88. The third-order valence-electron chi connectivity index (χ3n) is 4.51. The molecule has 130 valence electrons. The van der Waals surface area contributed by atoms with Gasteiger partial charge in [-0.25, -0.2) is 0 Å². The third-order valence-corrected chi connectivity index (χ3v) is 4.51. The Morgan fingerprint density at radius 2 is 1.54 bits per heavy atom. The molecule has 6 heteroatoms. The molecule has 6 nitrogen and oxygen atoms in total. The van der Waals surface area contributed by atoms with E-state index in [1.165, 1.54) is 0 Å². The summed E-state index contributed by atoms with van der Waals surface area (Å²) >= 11 is 0. The summed E-state index contributed by atoms with van der Waals surface area (Å²) in [6.45, 7) is 5.51. The molecule has 1 aliphatic heterocycles. The first-order chi connectivity index (χ1) is 11.7. The van der Waals surface area contributed by atoms with Crippen molar-refractivity contribution in [3.63, 3.8) is 0 Å². The van der Waals surface area contributed by atoms with Crippen LogP contribution in [-0.4, -0.2) is 75.2 Å². The van der Waals surface area contributed by atoms with Gasteiger partial charge in [0.15, 0.2) is 0 Å². The number of β-amino-alcohol motifs (C(OH)–C–C–N with tert-alkyl or cyclic N) is 2. The number of rotatable bonds is 7. The Morgan fingerprint density at radius 1 is 0.875 bits per heavy atom.